The van der Waals surface area contributed by atoms with Gasteiger partial charge in [0, 0.05) is 6.54 Å². The van der Waals surface area contributed by atoms with Gasteiger partial charge in [0.1, 0.15) is 12.1 Å². The average Bonchev–Trinajstić information content (AvgIpc) is 2.77. The third kappa shape index (κ3) is 3.96. The fraction of sp³-hybridized carbons (Fsp3) is 0.412. The molecule has 0 saturated carbocycles. The molecule has 3 N–H and O–H groups in total. The van der Waals surface area contributed by atoms with E-state index < -0.39 is 36.0 Å². The van der Waals surface area contributed by atoms with Gasteiger partial charge in [0.05, 0.1) is 0 Å². The van der Waals surface area contributed by atoms with E-state index in [1.165, 1.54) is 0 Å². The zero-order chi connectivity index (χ0) is 18.6. The molecule has 25 heavy (non-hydrogen) atoms. The highest BCUT2D eigenvalue weighted by Crippen LogP contribution is 2.28. The molecule has 134 valence electrons. The van der Waals surface area contributed by atoms with Crippen molar-refractivity contribution in [2.24, 2.45) is 0 Å². The fourth-order valence-corrected chi connectivity index (χ4v) is 2.52. The monoisotopic (exact) mass is 346 g/mol. The second kappa shape index (κ2) is 7.33. The van der Waals surface area contributed by atoms with Gasteiger partial charge in [-0.1, -0.05) is 36.8 Å². The topological polar surface area (TPSA) is 108 Å². The van der Waals surface area contributed by atoms with Crippen LogP contribution in [0.4, 0.5) is 9.59 Å². The number of imide groups is 2. The Morgan fingerprint density at radius 2 is 1.84 bits per heavy atom. The van der Waals surface area contributed by atoms with Crippen LogP contribution in [0.3, 0.4) is 0 Å². The Morgan fingerprint density at radius 1 is 1.20 bits per heavy atom. The SMILES string of the molecule is CCCNC(=O)NC(=O)CN1C(=O)N[C@@](C)(c2ccc(C)cc2)C1=O. The molecule has 1 atom stereocenters. The van der Waals surface area contributed by atoms with Gasteiger partial charge in [-0.3, -0.25) is 19.8 Å². The van der Waals surface area contributed by atoms with E-state index in [9.17, 15) is 19.2 Å². The number of nitrogens with one attached hydrogen (secondary N) is 3. The number of benzene rings is 1. The van der Waals surface area contributed by atoms with Crippen LogP contribution < -0.4 is 16.0 Å². The van der Waals surface area contributed by atoms with E-state index in [0.29, 0.717) is 12.1 Å². The van der Waals surface area contributed by atoms with Crippen molar-refractivity contribution in [3.63, 3.8) is 0 Å². The molecule has 1 fully saturated rings. The molecule has 0 radical (unpaired) electrons. The molecule has 1 heterocycles. The second-order valence-electron chi connectivity index (χ2n) is 6.12. The van der Waals surface area contributed by atoms with Crippen LogP contribution in [0.2, 0.25) is 0 Å². The zero-order valence-electron chi connectivity index (χ0n) is 14.5. The molecule has 0 bridgehead atoms. The van der Waals surface area contributed by atoms with Gasteiger partial charge in [-0.2, -0.15) is 0 Å². The van der Waals surface area contributed by atoms with Gasteiger partial charge in [0.2, 0.25) is 5.91 Å². The minimum Gasteiger partial charge on any atom is -0.338 e. The lowest BCUT2D eigenvalue weighted by molar-refractivity contribution is -0.134. The quantitative estimate of drug-likeness (QED) is 0.691. The summed E-state index contributed by atoms with van der Waals surface area (Å²) in [6.45, 7) is 5.28. The van der Waals surface area contributed by atoms with E-state index in [1.54, 1.807) is 19.1 Å². The molecule has 8 heteroatoms. The summed E-state index contributed by atoms with van der Waals surface area (Å²) in [6, 6.07) is 5.88. The zero-order valence-corrected chi connectivity index (χ0v) is 14.5. The standard InChI is InChI=1S/C17H22N4O4/c1-4-9-18-15(24)19-13(22)10-21-14(23)17(3,20-16(21)25)12-7-5-11(2)6-8-12/h5-8H,4,9-10H2,1-3H3,(H,20,25)(H2,18,19,22,24)/t17-/m0/s1. The highest BCUT2D eigenvalue weighted by atomic mass is 16.2. The van der Waals surface area contributed by atoms with E-state index in [2.05, 4.69) is 16.0 Å². The van der Waals surface area contributed by atoms with Crippen molar-refractivity contribution in [3.8, 4) is 0 Å². The molecule has 6 amide bonds. The summed E-state index contributed by atoms with van der Waals surface area (Å²) < 4.78 is 0. The Bertz CT molecular complexity index is 701. The summed E-state index contributed by atoms with van der Waals surface area (Å²) in [5, 5.41) is 7.19. The van der Waals surface area contributed by atoms with Gasteiger partial charge >= 0.3 is 12.1 Å². The molecular weight excluding hydrogens is 324 g/mol. The molecular formula is C17H22N4O4. The van der Waals surface area contributed by atoms with Gasteiger partial charge in [-0.15, -0.1) is 0 Å². The minimum atomic E-state index is -1.24. The Labute approximate surface area is 145 Å². The van der Waals surface area contributed by atoms with Crippen LogP contribution in [0.15, 0.2) is 24.3 Å². The molecule has 0 unspecified atom stereocenters. The van der Waals surface area contributed by atoms with Crippen LogP contribution in [0.25, 0.3) is 0 Å². The van der Waals surface area contributed by atoms with Crippen molar-refractivity contribution < 1.29 is 19.2 Å². The lowest BCUT2D eigenvalue weighted by Gasteiger charge is -2.22. The number of aryl methyl sites for hydroxylation is 1. The molecule has 0 spiro atoms. The van der Waals surface area contributed by atoms with Crippen molar-refractivity contribution >= 4 is 23.9 Å². The normalized spacial score (nSPS) is 19.6. The first kappa shape index (κ1) is 18.4. The van der Waals surface area contributed by atoms with Crippen LogP contribution in [0.1, 0.15) is 31.4 Å². The highest BCUT2D eigenvalue weighted by molar-refractivity contribution is 6.10. The van der Waals surface area contributed by atoms with Crippen molar-refractivity contribution in [3.05, 3.63) is 35.4 Å². The fourth-order valence-electron chi connectivity index (χ4n) is 2.52. The van der Waals surface area contributed by atoms with Crippen LogP contribution in [0, 0.1) is 6.92 Å². The molecule has 1 aliphatic heterocycles. The number of carbonyl (C=O) groups excluding carboxylic acids is 4. The number of hydrogen-bond donors (Lipinski definition) is 3. The van der Waals surface area contributed by atoms with E-state index in [0.717, 1.165) is 16.9 Å². The predicted octanol–water partition coefficient (Wildman–Crippen LogP) is 0.998. The smallest absolute Gasteiger partial charge is 0.325 e. The number of urea groups is 2. The summed E-state index contributed by atoms with van der Waals surface area (Å²) in [5.41, 5.74) is 0.411. The molecule has 0 aliphatic carbocycles. The number of amides is 6. The molecule has 2 rings (SSSR count). The molecule has 1 aromatic carbocycles. The number of hydrogen-bond acceptors (Lipinski definition) is 4. The summed E-state index contributed by atoms with van der Waals surface area (Å²) in [5.74, 6) is -1.27. The maximum absolute atomic E-state index is 12.7. The highest BCUT2D eigenvalue weighted by Gasteiger charge is 2.49. The predicted molar refractivity (Wildman–Crippen MR) is 90.6 cm³/mol. The van der Waals surface area contributed by atoms with Gasteiger partial charge < -0.3 is 10.6 Å². The van der Waals surface area contributed by atoms with Crippen molar-refractivity contribution in [1.29, 1.82) is 0 Å². The van der Waals surface area contributed by atoms with Gasteiger partial charge in [0.25, 0.3) is 5.91 Å². The maximum atomic E-state index is 12.7. The summed E-state index contributed by atoms with van der Waals surface area (Å²) >= 11 is 0. The molecule has 1 saturated heterocycles. The largest absolute Gasteiger partial charge is 0.338 e. The summed E-state index contributed by atoms with van der Waals surface area (Å²) in [7, 11) is 0. The Morgan fingerprint density at radius 3 is 2.44 bits per heavy atom. The van der Waals surface area contributed by atoms with Gasteiger partial charge in [-0.25, -0.2) is 9.59 Å². The third-order valence-corrected chi connectivity index (χ3v) is 3.99. The Kier molecular flexibility index (Phi) is 5.41. The summed E-state index contributed by atoms with van der Waals surface area (Å²) in [6.07, 6.45) is 0.726. The van der Waals surface area contributed by atoms with Crippen LogP contribution >= 0.6 is 0 Å². The van der Waals surface area contributed by atoms with E-state index >= 15 is 0 Å². The van der Waals surface area contributed by atoms with Crippen LogP contribution in [-0.4, -0.2) is 41.9 Å². The van der Waals surface area contributed by atoms with Crippen LogP contribution in [-0.2, 0) is 15.1 Å². The molecule has 0 aromatic heterocycles. The number of carbonyl (C=O) groups is 4. The molecule has 8 nitrogen and oxygen atoms in total. The second-order valence-corrected chi connectivity index (χ2v) is 6.12. The molecule has 1 aliphatic rings. The lowest BCUT2D eigenvalue weighted by Crippen LogP contribution is -2.47. The third-order valence-electron chi connectivity index (χ3n) is 3.99. The Hall–Kier alpha value is -2.90. The van der Waals surface area contributed by atoms with Crippen molar-refractivity contribution in [2.45, 2.75) is 32.7 Å². The molecule has 1 aromatic rings. The Balaban J connectivity index is 2.07. The maximum Gasteiger partial charge on any atom is 0.325 e. The first-order valence-corrected chi connectivity index (χ1v) is 8.07. The van der Waals surface area contributed by atoms with Gasteiger partial charge in [-0.05, 0) is 25.8 Å². The lowest BCUT2D eigenvalue weighted by atomic mass is 9.91. The van der Waals surface area contributed by atoms with E-state index in [1.807, 2.05) is 26.0 Å². The van der Waals surface area contributed by atoms with Crippen LogP contribution in [0.5, 0.6) is 0 Å². The van der Waals surface area contributed by atoms with E-state index in [-0.39, 0.29) is 0 Å². The average molecular weight is 346 g/mol. The number of nitrogens with zero attached hydrogens (tertiary/aromatic N) is 1. The van der Waals surface area contributed by atoms with Crippen molar-refractivity contribution in [2.75, 3.05) is 13.1 Å². The summed E-state index contributed by atoms with van der Waals surface area (Å²) in [4.78, 5) is 49.0. The number of rotatable bonds is 5. The van der Waals surface area contributed by atoms with E-state index in [4.69, 9.17) is 0 Å². The van der Waals surface area contributed by atoms with Gasteiger partial charge in [0.15, 0.2) is 0 Å². The minimum absolute atomic E-state index is 0.424. The first-order chi connectivity index (χ1) is 11.8. The van der Waals surface area contributed by atoms with Crippen molar-refractivity contribution in [1.82, 2.24) is 20.9 Å². The first-order valence-electron chi connectivity index (χ1n) is 8.07.